The number of rotatable bonds is 5. The van der Waals surface area contributed by atoms with E-state index in [2.05, 4.69) is 20.5 Å². The van der Waals surface area contributed by atoms with Crippen molar-refractivity contribution < 1.29 is 9.21 Å². The molecule has 0 saturated carbocycles. The molecule has 0 aliphatic heterocycles. The van der Waals surface area contributed by atoms with Gasteiger partial charge in [-0.1, -0.05) is 30.0 Å². The van der Waals surface area contributed by atoms with Gasteiger partial charge in [0.25, 0.3) is 11.1 Å². The summed E-state index contributed by atoms with van der Waals surface area (Å²) in [6.45, 7) is 1.79. The fourth-order valence-electron chi connectivity index (χ4n) is 1.85. The van der Waals surface area contributed by atoms with Gasteiger partial charge in [0, 0.05) is 6.20 Å². The van der Waals surface area contributed by atoms with Gasteiger partial charge in [0.05, 0.1) is 17.2 Å². The number of nitrogens with zero attached hydrogens (tertiary/aromatic N) is 3. The predicted octanol–water partition coefficient (Wildman–Crippen LogP) is 2.86. The standard InChI is InChI=1S/C16H14N4O2S/c1-11(12-6-4-5-9-17-12)19-20-15(21)10-23-16-18-13-7-2-3-8-14(13)22-16/h2-9H,10H2,1H3,(H,20,21)/b19-11-. The maximum absolute atomic E-state index is 11.8. The van der Waals surface area contributed by atoms with Crippen molar-refractivity contribution in [2.24, 2.45) is 5.10 Å². The molecule has 1 N–H and O–H groups in total. The monoisotopic (exact) mass is 326 g/mol. The van der Waals surface area contributed by atoms with Gasteiger partial charge in [-0.05, 0) is 31.2 Å². The first-order chi connectivity index (χ1) is 11.2. The third-order valence-electron chi connectivity index (χ3n) is 2.98. The van der Waals surface area contributed by atoms with Gasteiger partial charge in [0.15, 0.2) is 5.58 Å². The highest BCUT2D eigenvalue weighted by molar-refractivity contribution is 7.99. The topological polar surface area (TPSA) is 80.4 Å². The fraction of sp³-hybridized carbons (Fsp3) is 0.125. The first kappa shape index (κ1) is 15.2. The van der Waals surface area contributed by atoms with E-state index in [9.17, 15) is 4.79 Å². The van der Waals surface area contributed by atoms with Crippen molar-refractivity contribution in [1.29, 1.82) is 0 Å². The maximum Gasteiger partial charge on any atom is 0.257 e. The Morgan fingerprint density at radius 1 is 1.26 bits per heavy atom. The van der Waals surface area contributed by atoms with E-state index in [0.717, 1.165) is 11.2 Å². The van der Waals surface area contributed by atoms with Crippen LogP contribution < -0.4 is 5.43 Å². The minimum absolute atomic E-state index is 0.172. The first-order valence-electron chi connectivity index (χ1n) is 6.95. The SMILES string of the molecule is C/C(=N/NC(=O)CSc1nc2ccccc2o1)c1ccccn1. The fourth-order valence-corrected chi connectivity index (χ4v) is 2.48. The molecule has 23 heavy (non-hydrogen) atoms. The molecule has 0 atom stereocenters. The first-order valence-corrected chi connectivity index (χ1v) is 7.94. The summed E-state index contributed by atoms with van der Waals surface area (Å²) >= 11 is 1.23. The number of pyridine rings is 1. The molecular formula is C16H14N4O2S. The molecule has 3 aromatic rings. The minimum Gasteiger partial charge on any atom is -0.431 e. The van der Waals surface area contributed by atoms with Crippen molar-refractivity contribution in [2.75, 3.05) is 5.75 Å². The summed E-state index contributed by atoms with van der Waals surface area (Å²) in [4.78, 5) is 20.3. The molecule has 116 valence electrons. The Morgan fingerprint density at radius 3 is 2.87 bits per heavy atom. The second-order valence-electron chi connectivity index (χ2n) is 4.68. The van der Waals surface area contributed by atoms with Crippen molar-refractivity contribution in [3.8, 4) is 0 Å². The summed E-state index contributed by atoms with van der Waals surface area (Å²) in [7, 11) is 0. The van der Waals surface area contributed by atoms with Crippen molar-refractivity contribution in [1.82, 2.24) is 15.4 Å². The number of oxazole rings is 1. The number of amides is 1. The number of thioether (sulfide) groups is 1. The number of aromatic nitrogens is 2. The van der Waals surface area contributed by atoms with Crippen molar-refractivity contribution in [2.45, 2.75) is 12.1 Å². The lowest BCUT2D eigenvalue weighted by Gasteiger charge is -2.01. The van der Waals surface area contributed by atoms with Crippen LogP contribution in [0, 0.1) is 0 Å². The zero-order chi connectivity index (χ0) is 16.1. The Kier molecular flexibility index (Phi) is 4.68. The number of hydrogen-bond donors (Lipinski definition) is 1. The lowest BCUT2D eigenvalue weighted by molar-refractivity contribution is -0.118. The quantitative estimate of drug-likeness (QED) is 0.443. The summed E-state index contributed by atoms with van der Waals surface area (Å²) in [6.07, 6.45) is 1.68. The van der Waals surface area contributed by atoms with Gasteiger partial charge in [-0.25, -0.2) is 10.4 Å². The summed E-state index contributed by atoms with van der Waals surface area (Å²) in [5.41, 5.74) is 5.35. The Hall–Kier alpha value is -2.67. The molecule has 0 aliphatic carbocycles. The Balaban J connectivity index is 1.55. The molecule has 0 bridgehead atoms. The molecule has 3 rings (SSSR count). The van der Waals surface area contributed by atoms with Crippen LogP contribution in [-0.2, 0) is 4.79 Å². The minimum atomic E-state index is -0.229. The van der Waals surface area contributed by atoms with Gasteiger partial charge in [0.1, 0.15) is 5.52 Å². The van der Waals surface area contributed by atoms with E-state index < -0.39 is 0 Å². The van der Waals surface area contributed by atoms with Gasteiger partial charge in [-0.3, -0.25) is 9.78 Å². The van der Waals surface area contributed by atoms with Crippen LogP contribution in [0.3, 0.4) is 0 Å². The number of hydrogen-bond acceptors (Lipinski definition) is 6. The zero-order valence-electron chi connectivity index (χ0n) is 12.4. The van der Waals surface area contributed by atoms with E-state index in [1.54, 1.807) is 13.1 Å². The van der Waals surface area contributed by atoms with Crippen molar-refractivity contribution in [3.05, 3.63) is 54.4 Å². The van der Waals surface area contributed by atoms with Gasteiger partial charge in [0.2, 0.25) is 0 Å². The Labute approximate surface area is 137 Å². The van der Waals surface area contributed by atoms with Gasteiger partial charge in [-0.2, -0.15) is 5.10 Å². The van der Waals surface area contributed by atoms with Crippen molar-refractivity contribution >= 4 is 34.5 Å². The van der Waals surface area contributed by atoms with Crippen LogP contribution in [0.2, 0.25) is 0 Å². The number of carbonyl (C=O) groups excluding carboxylic acids is 1. The molecule has 6 nitrogen and oxygen atoms in total. The highest BCUT2D eigenvalue weighted by Gasteiger charge is 2.09. The highest BCUT2D eigenvalue weighted by Crippen LogP contribution is 2.22. The van der Waals surface area contributed by atoms with Crippen LogP contribution in [0.15, 0.2) is 63.4 Å². The van der Waals surface area contributed by atoms with Crippen molar-refractivity contribution in [3.63, 3.8) is 0 Å². The Bertz CT molecular complexity index is 812. The molecule has 2 heterocycles. The molecule has 1 amide bonds. The third kappa shape index (κ3) is 3.95. The molecule has 0 aliphatic rings. The number of carbonyl (C=O) groups is 1. The number of para-hydroxylation sites is 2. The number of fused-ring (bicyclic) bond motifs is 1. The molecule has 0 radical (unpaired) electrons. The molecule has 2 aromatic heterocycles. The van der Waals surface area contributed by atoms with Crippen LogP contribution in [-0.4, -0.2) is 27.3 Å². The highest BCUT2D eigenvalue weighted by atomic mass is 32.2. The second-order valence-corrected chi connectivity index (χ2v) is 5.61. The van der Waals surface area contributed by atoms with E-state index >= 15 is 0 Å². The normalized spacial score (nSPS) is 11.6. The summed E-state index contributed by atoms with van der Waals surface area (Å²) in [5, 5.41) is 4.50. The number of hydrazone groups is 1. The summed E-state index contributed by atoms with van der Waals surface area (Å²) in [6, 6.07) is 13.0. The molecule has 0 fully saturated rings. The van der Waals surface area contributed by atoms with Crippen LogP contribution in [0.25, 0.3) is 11.1 Å². The zero-order valence-corrected chi connectivity index (χ0v) is 13.2. The third-order valence-corrected chi connectivity index (χ3v) is 3.81. The lowest BCUT2D eigenvalue weighted by Crippen LogP contribution is -2.21. The number of nitrogens with one attached hydrogen (secondary N) is 1. The van der Waals surface area contributed by atoms with Crippen LogP contribution >= 0.6 is 11.8 Å². The average Bonchev–Trinajstić information content (AvgIpc) is 3.01. The second kappa shape index (κ2) is 7.06. The molecule has 0 spiro atoms. The molecule has 7 heteroatoms. The van der Waals surface area contributed by atoms with Crippen LogP contribution in [0.5, 0.6) is 0 Å². The van der Waals surface area contributed by atoms with Gasteiger partial charge < -0.3 is 4.42 Å². The van der Waals surface area contributed by atoms with E-state index in [-0.39, 0.29) is 11.7 Å². The molecule has 1 aromatic carbocycles. The largest absolute Gasteiger partial charge is 0.431 e. The lowest BCUT2D eigenvalue weighted by atomic mass is 10.3. The molecule has 0 unspecified atom stereocenters. The maximum atomic E-state index is 11.8. The molecule has 0 saturated heterocycles. The predicted molar refractivity (Wildman–Crippen MR) is 89.3 cm³/mol. The van der Waals surface area contributed by atoms with E-state index in [4.69, 9.17) is 4.42 Å². The van der Waals surface area contributed by atoms with Crippen LogP contribution in [0.4, 0.5) is 0 Å². The van der Waals surface area contributed by atoms with E-state index in [0.29, 0.717) is 16.5 Å². The smallest absolute Gasteiger partial charge is 0.257 e. The van der Waals surface area contributed by atoms with Gasteiger partial charge >= 0.3 is 0 Å². The van der Waals surface area contributed by atoms with Crippen LogP contribution in [0.1, 0.15) is 12.6 Å². The van der Waals surface area contributed by atoms with E-state index in [1.807, 2.05) is 42.5 Å². The number of benzene rings is 1. The van der Waals surface area contributed by atoms with E-state index in [1.165, 1.54) is 11.8 Å². The summed E-state index contributed by atoms with van der Waals surface area (Å²) < 4.78 is 5.54. The summed E-state index contributed by atoms with van der Waals surface area (Å²) in [5.74, 6) is -0.0567. The van der Waals surface area contributed by atoms with Gasteiger partial charge in [-0.15, -0.1) is 0 Å². The molecular weight excluding hydrogens is 312 g/mol. The Morgan fingerprint density at radius 2 is 2.09 bits per heavy atom. The average molecular weight is 326 g/mol.